The summed E-state index contributed by atoms with van der Waals surface area (Å²) in [6.45, 7) is -0.136. The van der Waals surface area contributed by atoms with Gasteiger partial charge in [-0.1, -0.05) is 42.5 Å². The largest absolute Gasteiger partial charge is 0.392 e. The fourth-order valence-electron chi connectivity index (χ4n) is 2.82. The molecule has 3 rings (SSSR count). The second-order valence-corrected chi connectivity index (χ2v) is 10.9. The standard InChI is InChI=1S/C21H23N3O3S2Si/c1-28-10-11-30(24-19(26)17-9-5-6-15(12-17)13-25)21(27)23-20-22-18(14-29-20)16-7-3-2-4-8-16/h2-9,12,14,25,30H,10-11,13H2,1H3,(H,24,26)(H,22,23,27)/t30-/m0/s1. The van der Waals surface area contributed by atoms with Gasteiger partial charge >= 0.3 is 0 Å². The van der Waals surface area contributed by atoms with E-state index in [1.807, 2.05) is 42.0 Å². The highest BCUT2D eigenvalue weighted by atomic mass is 32.2. The Morgan fingerprint density at radius 1 is 1.17 bits per heavy atom. The molecule has 0 unspecified atom stereocenters. The molecular formula is C21H23N3O3S2Si. The lowest BCUT2D eigenvalue weighted by Crippen LogP contribution is -2.47. The molecule has 30 heavy (non-hydrogen) atoms. The lowest BCUT2D eigenvalue weighted by molar-refractivity contribution is 0.0979. The first-order valence-corrected chi connectivity index (χ1v) is 13.7. The smallest absolute Gasteiger partial charge is 0.244 e. The van der Waals surface area contributed by atoms with Gasteiger partial charge in [0.25, 0.3) is 0 Å². The van der Waals surface area contributed by atoms with Crippen LogP contribution in [0.2, 0.25) is 6.04 Å². The van der Waals surface area contributed by atoms with Gasteiger partial charge in [-0.25, -0.2) is 4.98 Å². The SMILES string of the molecule is CSCC[Si@H](NC(=O)c1cccc(CO)c1)C(=O)Nc1nc(-c2ccccc2)cs1. The van der Waals surface area contributed by atoms with Gasteiger partial charge in [-0.15, -0.1) is 11.3 Å². The normalized spacial score (nSPS) is 11.7. The van der Waals surface area contributed by atoms with E-state index in [1.54, 1.807) is 36.0 Å². The monoisotopic (exact) mass is 457 g/mol. The van der Waals surface area contributed by atoms with Crippen molar-refractivity contribution in [2.24, 2.45) is 0 Å². The maximum atomic E-state index is 12.9. The molecule has 156 valence electrons. The van der Waals surface area contributed by atoms with E-state index < -0.39 is 8.96 Å². The van der Waals surface area contributed by atoms with E-state index in [-0.39, 0.29) is 18.0 Å². The van der Waals surface area contributed by atoms with E-state index in [2.05, 4.69) is 15.3 Å². The molecule has 0 radical (unpaired) electrons. The molecule has 1 heterocycles. The van der Waals surface area contributed by atoms with Gasteiger partial charge in [0.15, 0.2) is 5.13 Å². The van der Waals surface area contributed by atoms with Crippen LogP contribution in [0.3, 0.4) is 0 Å². The Morgan fingerprint density at radius 2 is 1.97 bits per heavy atom. The van der Waals surface area contributed by atoms with Gasteiger partial charge < -0.3 is 15.4 Å². The number of hydrogen-bond acceptors (Lipinski definition) is 6. The minimum Gasteiger partial charge on any atom is -0.392 e. The van der Waals surface area contributed by atoms with Gasteiger partial charge in [0.2, 0.25) is 20.4 Å². The van der Waals surface area contributed by atoms with Gasteiger partial charge in [0.1, 0.15) is 0 Å². The van der Waals surface area contributed by atoms with Crippen LogP contribution in [0.4, 0.5) is 9.93 Å². The summed E-state index contributed by atoms with van der Waals surface area (Å²) in [5.74, 6) is 0.497. The van der Waals surface area contributed by atoms with E-state index in [0.717, 1.165) is 17.0 Å². The summed E-state index contributed by atoms with van der Waals surface area (Å²) < 4.78 is 0. The molecule has 0 spiro atoms. The van der Waals surface area contributed by atoms with Gasteiger partial charge in [-0.2, -0.15) is 11.8 Å². The van der Waals surface area contributed by atoms with E-state index >= 15 is 0 Å². The van der Waals surface area contributed by atoms with Crippen molar-refractivity contribution in [2.75, 3.05) is 17.3 Å². The van der Waals surface area contributed by atoms with E-state index in [4.69, 9.17) is 0 Å². The number of benzene rings is 2. The molecule has 0 aliphatic rings. The Labute approximate surface area is 185 Å². The van der Waals surface area contributed by atoms with Crippen molar-refractivity contribution < 1.29 is 14.7 Å². The highest BCUT2D eigenvalue weighted by molar-refractivity contribution is 7.98. The number of anilines is 1. The molecule has 2 amide bonds. The van der Waals surface area contributed by atoms with Crippen LogP contribution in [0, 0.1) is 0 Å². The minimum absolute atomic E-state index is 0.136. The number of amides is 2. The van der Waals surface area contributed by atoms with Crippen molar-refractivity contribution in [1.29, 1.82) is 0 Å². The van der Waals surface area contributed by atoms with Crippen molar-refractivity contribution in [3.63, 3.8) is 0 Å². The molecule has 0 aliphatic carbocycles. The third kappa shape index (κ3) is 6.02. The molecule has 1 aromatic heterocycles. The van der Waals surface area contributed by atoms with Crippen LogP contribution in [-0.2, 0) is 6.61 Å². The number of thiazole rings is 1. The van der Waals surface area contributed by atoms with E-state index in [1.165, 1.54) is 11.3 Å². The Hall–Kier alpha value is -2.46. The number of aliphatic hydroxyl groups excluding tert-OH is 1. The summed E-state index contributed by atoms with van der Waals surface area (Å²) in [5, 5.41) is 14.6. The quantitative estimate of drug-likeness (QED) is 0.424. The van der Waals surface area contributed by atoms with Crippen LogP contribution < -0.4 is 10.3 Å². The average molecular weight is 458 g/mol. The number of carbonyl (C=O) groups excluding carboxylic acids is 2. The minimum atomic E-state index is -2.30. The zero-order valence-corrected chi connectivity index (χ0v) is 19.3. The van der Waals surface area contributed by atoms with Crippen LogP contribution in [-0.4, -0.2) is 42.5 Å². The molecule has 0 aliphatic heterocycles. The highest BCUT2D eigenvalue weighted by Gasteiger charge is 2.25. The number of rotatable bonds is 9. The van der Waals surface area contributed by atoms with Crippen molar-refractivity contribution in [3.8, 4) is 11.3 Å². The number of hydrogen-bond donors (Lipinski definition) is 3. The highest BCUT2D eigenvalue weighted by Crippen LogP contribution is 2.24. The van der Waals surface area contributed by atoms with Crippen LogP contribution in [0.15, 0.2) is 60.0 Å². The predicted molar refractivity (Wildman–Crippen MR) is 127 cm³/mol. The third-order valence-electron chi connectivity index (χ3n) is 4.41. The summed E-state index contributed by atoms with van der Waals surface area (Å²) in [6, 6.07) is 17.2. The summed E-state index contributed by atoms with van der Waals surface area (Å²) in [4.78, 5) is 33.0. The van der Waals surface area contributed by atoms with E-state index in [0.29, 0.717) is 22.3 Å². The molecule has 3 N–H and O–H groups in total. The third-order valence-corrected chi connectivity index (χ3v) is 8.48. The Morgan fingerprint density at radius 3 is 2.70 bits per heavy atom. The lowest BCUT2D eigenvalue weighted by atomic mass is 10.1. The number of carbonyl (C=O) groups is 2. The number of aromatic nitrogens is 1. The van der Waals surface area contributed by atoms with Crippen molar-refractivity contribution >= 4 is 48.6 Å². The van der Waals surface area contributed by atoms with Crippen molar-refractivity contribution in [3.05, 3.63) is 71.1 Å². The molecule has 1 atom stereocenters. The first-order chi connectivity index (χ1) is 14.6. The zero-order valence-electron chi connectivity index (χ0n) is 16.5. The second kappa shape index (κ2) is 11.1. The summed E-state index contributed by atoms with van der Waals surface area (Å²) in [6.07, 6.45) is 1.98. The predicted octanol–water partition coefficient (Wildman–Crippen LogP) is 3.93. The number of thioether (sulfide) groups is 1. The first kappa shape index (κ1) is 22.2. The van der Waals surface area contributed by atoms with Gasteiger partial charge in [0.05, 0.1) is 12.3 Å². The molecule has 0 bridgehead atoms. The summed E-state index contributed by atoms with van der Waals surface area (Å²) in [7, 11) is -2.30. The van der Waals surface area contributed by atoms with Crippen LogP contribution >= 0.6 is 23.1 Å². The maximum Gasteiger partial charge on any atom is 0.244 e. The molecule has 0 saturated heterocycles. The molecule has 0 saturated carbocycles. The Bertz CT molecular complexity index is 998. The fourth-order valence-corrected chi connectivity index (χ4v) is 6.87. The van der Waals surface area contributed by atoms with Gasteiger partial charge in [-0.3, -0.25) is 9.59 Å². The molecular weight excluding hydrogens is 434 g/mol. The zero-order chi connectivity index (χ0) is 21.3. The van der Waals surface area contributed by atoms with Crippen LogP contribution in [0.25, 0.3) is 11.3 Å². The van der Waals surface area contributed by atoms with Crippen LogP contribution in [0.5, 0.6) is 0 Å². The summed E-state index contributed by atoms with van der Waals surface area (Å²) in [5.41, 5.74) is 2.73. The van der Waals surface area contributed by atoms with Gasteiger partial charge in [-0.05, 0) is 35.7 Å². The number of nitrogens with zero attached hydrogens (tertiary/aromatic N) is 1. The number of nitrogens with one attached hydrogen (secondary N) is 2. The van der Waals surface area contributed by atoms with Crippen molar-refractivity contribution in [1.82, 2.24) is 9.97 Å². The molecule has 9 heteroatoms. The van der Waals surface area contributed by atoms with Crippen LogP contribution in [0.1, 0.15) is 15.9 Å². The molecule has 6 nitrogen and oxygen atoms in total. The maximum absolute atomic E-state index is 12.9. The average Bonchev–Trinajstić information content (AvgIpc) is 3.25. The Balaban J connectivity index is 1.69. The Kier molecular flexibility index (Phi) is 8.20. The van der Waals surface area contributed by atoms with E-state index in [9.17, 15) is 14.7 Å². The topological polar surface area (TPSA) is 91.3 Å². The molecule has 3 aromatic rings. The molecule has 0 fully saturated rings. The van der Waals surface area contributed by atoms with Crippen molar-refractivity contribution in [2.45, 2.75) is 12.7 Å². The molecule has 2 aromatic carbocycles. The summed E-state index contributed by atoms with van der Waals surface area (Å²) >= 11 is 3.01. The number of aliphatic hydroxyl groups is 1. The first-order valence-electron chi connectivity index (χ1n) is 9.42. The lowest BCUT2D eigenvalue weighted by Gasteiger charge is -2.16. The fraction of sp³-hybridized carbons (Fsp3) is 0.190. The second-order valence-electron chi connectivity index (χ2n) is 6.56. The van der Waals surface area contributed by atoms with Gasteiger partial charge in [0, 0.05) is 16.5 Å².